The van der Waals surface area contributed by atoms with E-state index in [0.717, 1.165) is 23.2 Å². The Bertz CT molecular complexity index is 484. The highest BCUT2D eigenvalue weighted by Gasteiger charge is 2.38. The Hall–Kier alpha value is -1.31. The molecule has 0 aromatic heterocycles. The van der Waals surface area contributed by atoms with Gasteiger partial charge in [-0.15, -0.1) is 0 Å². The van der Waals surface area contributed by atoms with Gasteiger partial charge in [0.2, 0.25) is 0 Å². The molecule has 2 aliphatic rings. The maximum absolute atomic E-state index is 9.87. The third kappa shape index (κ3) is 1.22. The molecule has 0 saturated heterocycles. The summed E-state index contributed by atoms with van der Waals surface area (Å²) in [5, 5.41) is 9.87. The summed E-state index contributed by atoms with van der Waals surface area (Å²) in [7, 11) is 0. The third-order valence-electron chi connectivity index (χ3n) is 4.28. The van der Waals surface area contributed by atoms with Crippen LogP contribution in [0.15, 0.2) is 11.1 Å². The van der Waals surface area contributed by atoms with Gasteiger partial charge in [0.15, 0.2) is 0 Å². The van der Waals surface area contributed by atoms with E-state index in [1.807, 2.05) is 19.9 Å². The molecule has 1 spiro atoms. The van der Waals surface area contributed by atoms with Crippen molar-refractivity contribution in [2.24, 2.45) is 10.4 Å². The number of aromatic hydroxyl groups is 1. The summed E-state index contributed by atoms with van der Waals surface area (Å²) >= 11 is 0. The molecule has 3 rings (SSSR count). The molecule has 84 valence electrons. The van der Waals surface area contributed by atoms with Gasteiger partial charge in [0.1, 0.15) is 5.75 Å². The molecule has 1 N–H and O–H groups in total. The number of rotatable bonds is 0. The highest BCUT2D eigenvalue weighted by Crippen LogP contribution is 2.48. The Morgan fingerprint density at radius 3 is 2.62 bits per heavy atom. The maximum atomic E-state index is 9.87. The second-order valence-corrected chi connectivity index (χ2v) is 5.30. The number of aliphatic imine (C=N–C) groups is 1. The molecule has 0 radical (unpaired) electrons. The standard InChI is InChI=1S/C14H17NO/c1-9-10(2)13-11(6-12(9)16)7-14(8-15-13)4-3-5-14/h6,8,16H,3-5,7H2,1-2H3. The topological polar surface area (TPSA) is 32.6 Å². The summed E-state index contributed by atoms with van der Waals surface area (Å²) in [6, 6.07) is 1.91. The zero-order valence-electron chi connectivity index (χ0n) is 9.88. The van der Waals surface area contributed by atoms with Gasteiger partial charge in [-0.1, -0.05) is 6.42 Å². The molecular formula is C14H17NO. The van der Waals surface area contributed by atoms with Gasteiger partial charge in [0.25, 0.3) is 0 Å². The number of benzene rings is 1. The summed E-state index contributed by atoms with van der Waals surface area (Å²) in [4.78, 5) is 4.63. The van der Waals surface area contributed by atoms with Crippen LogP contribution in [0, 0.1) is 19.3 Å². The average Bonchev–Trinajstić information content (AvgIpc) is 2.23. The minimum Gasteiger partial charge on any atom is -0.508 e. The molecule has 2 heteroatoms. The molecule has 0 bridgehead atoms. The van der Waals surface area contributed by atoms with Crippen molar-refractivity contribution in [3.63, 3.8) is 0 Å². The summed E-state index contributed by atoms with van der Waals surface area (Å²) in [6.07, 6.45) is 7.04. The molecule has 16 heavy (non-hydrogen) atoms. The third-order valence-corrected chi connectivity index (χ3v) is 4.28. The molecule has 0 atom stereocenters. The first-order chi connectivity index (χ1) is 7.61. The van der Waals surface area contributed by atoms with Crippen LogP contribution in [-0.2, 0) is 6.42 Å². The number of nitrogens with zero attached hydrogens (tertiary/aromatic N) is 1. The van der Waals surface area contributed by atoms with E-state index in [1.165, 1.54) is 24.8 Å². The number of phenols is 1. The molecule has 1 aliphatic heterocycles. The van der Waals surface area contributed by atoms with Gasteiger partial charge < -0.3 is 5.11 Å². The van der Waals surface area contributed by atoms with Crippen LogP contribution in [0.2, 0.25) is 0 Å². The SMILES string of the molecule is Cc1c(O)cc2c(c1C)N=CC1(CCC1)C2. The first-order valence-corrected chi connectivity index (χ1v) is 5.99. The molecule has 1 aromatic carbocycles. The Kier molecular flexibility index (Phi) is 1.91. The predicted octanol–water partition coefficient (Wildman–Crippen LogP) is 3.44. The summed E-state index contributed by atoms with van der Waals surface area (Å²) in [5.74, 6) is 0.419. The molecule has 2 nitrogen and oxygen atoms in total. The van der Waals surface area contributed by atoms with Crippen molar-refractivity contribution < 1.29 is 5.11 Å². The Morgan fingerprint density at radius 1 is 1.25 bits per heavy atom. The van der Waals surface area contributed by atoms with E-state index in [2.05, 4.69) is 11.2 Å². The van der Waals surface area contributed by atoms with E-state index in [0.29, 0.717) is 11.2 Å². The lowest BCUT2D eigenvalue weighted by molar-refractivity contribution is 0.236. The van der Waals surface area contributed by atoms with Crippen LogP contribution < -0.4 is 0 Å². The highest BCUT2D eigenvalue weighted by atomic mass is 16.3. The van der Waals surface area contributed by atoms with E-state index in [9.17, 15) is 5.11 Å². The van der Waals surface area contributed by atoms with Gasteiger partial charge >= 0.3 is 0 Å². The van der Waals surface area contributed by atoms with E-state index < -0.39 is 0 Å². The molecular weight excluding hydrogens is 198 g/mol. The lowest BCUT2D eigenvalue weighted by Crippen LogP contribution is -2.35. The van der Waals surface area contributed by atoms with Crippen LogP contribution in [0.4, 0.5) is 5.69 Å². The molecule has 1 aliphatic carbocycles. The lowest BCUT2D eigenvalue weighted by Gasteiger charge is -2.41. The van der Waals surface area contributed by atoms with Crippen LogP contribution in [0.5, 0.6) is 5.75 Å². The normalized spacial score (nSPS) is 20.6. The molecule has 1 saturated carbocycles. The minimum atomic E-state index is 0.321. The number of hydrogen-bond donors (Lipinski definition) is 1. The fraction of sp³-hybridized carbons (Fsp3) is 0.500. The zero-order chi connectivity index (χ0) is 11.3. The monoisotopic (exact) mass is 215 g/mol. The van der Waals surface area contributed by atoms with Crippen LogP contribution in [0.3, 0.4) is 0 Å². The summed E-state index contributed by atoms with van der Waals surface area (Å²) in [5.41, 5.74) is 4.72. The van der Waals surface area contributed by atoms with Gasteiger partial charge in [-0.2, -0.15) is 0 Å². The van der Waals surface area contributed by atoms with Gasteiger partial charge in [-0.25, -0.2) is 0 Å². The van der Waals surface area contributed by atoms with Crippen molar-refractivity contribution in [2.45, 2.75) is 39.5 Å². The quantitative estimate of drug-likeness (QED) is 0.706. The average molecular weight is 215 g/mol. The number of phenolic OH excluding ortho intramolecular Hbond substituents is 1. The first-order valence-electron chi connectivity index (χ1n) is 5.99. The Morgan fingerprint density at radius 2 is 2.00 bits per heavy atom. The molecule has 1 aromatic rings. The van der Waals surface area contributed by atoms with Crippen molar-refractivity contribution in [1.82, 2.24) is 0 Å². The summed E-state index contributed by atoms with van der Waals surface area (Å²) in [6.45, 7) is 4.00. The van der Waals surface area contributed by atoms with Crippen molar-refractivity contribution in [3.05, 3.63) is 22.8 Å². The number of hydrogen-bond acceptors (Lipinski definition) is 2. The smallest absolute Gasteiger partial charge is 0.119 e. The largest absolute Gasteiger partial charge is 0.508 e. The predicted molar refractivity (Wildman–Crippen MR) is 65.7 cm³/mol. The second kappa shape index (κ2) is 3.09. The number of fused-ring (bicyclic) bond motifs is 1. The maximum Gasteiger partial charge on any atom is 0.119 e. The van der Waals surface area contributed by atoms with E-state index in [1.54, 1.807) is 0 Å². The van der Waals surface area contributed by atoms with Crippen LogP contribution in [-0.4, -0.2) is 11.3 Å². The van der Waals surface area contributed by atoms with Crippen molar-refractivity contribution in [2.75, 3.05) is 0 Å². The fourth-order valence-electron chi connectivity index (χ4n) is 2.83. The first kappa shape index (κ1) is 9.88. The molecule has 1 heterocycles. The Labute approximate surface area is 96.0 Å². The minimum absolute atomic E-state index is 0.321. The van der Waals surface area contributed by atoms with Gasteiger partial charge in [-0.05, 0) is 55.9 Å². The van der Waals surface area contributed by atoms with Crippen LogP contribution >= 0.6 is 0 Å². The van der Waals surface area contributed by atoms with E-state index in [4.69, 9.17) is 0 Å². The Balaban J connectivity index is 2.12. The van der Waals surface area contributed by atoms with Gasteiger partial charge in [0.05, 0.1) is 5.69 Å². The second-order valence-electron chi connectivity index (χ2n) is 5.30. The zero-order valence-corrected chi connectivity index (χ0v) is 9.88. The van der Waals surface area contributed by atoms with Gasteiger partial charge in [-0.3, -0.25) is 4.99 Å². The van der Waals surface area contributed by atoms with E-state index >= 15 is 0 Å². The summed E-state index contributed by atoms with van der Waals surface area (Å²) < 4.78 is 0. The lowest BCUT2D eigenvalue weighted by atomic mass is 9.65. The molecule has 0 amide bonds. The molecule has 1 fully saturated rings. The van der Waals surface area contributed by atoms with Crippen LogP contribution in [0.25, 0.3) is 0 Å². The molecule has 0 unspecified atom stereocenters. The fourth-order valence-corrected chi connectivity index (χ4v) is 2.83. The van der Waals surface area contributed by atoms with Crippen molar-refractivity contribution in [3.8, 4) is 5.75 Å². The van der Waals surface area contributed by atoms with Crippen molar-refractivity contribution >= 4 is 11.9 Å². The van der Waals surface area contributed by atoms with Gasteiger partial charge in [0, 0.05) is 11.6 Å². The van der Waals surface area contributed by atoms with E-state index in [-0.39, 0.29) is 0 Å². The van der Waals surface area contributed by atoms with Crippen molar-refractivity contribution in [1.29, 1.82) is 0 Å². The highest BCUT2D eigenvalue weighted by molar-refractivity contribution is 5.78. The van der Waals surface area contributed by atoms with Crippen LogP contribution in [0.1, 0.15) is 36.0 Å².